The van der Waals surface area contributed by atoms with E-state index in [9.17, 15) is 9.18 Å². The number of rotatable bonds is 5. The standard InChI is InChI=1S/C20H28FNO2/c1-14(2)10-18(22-19(23)24-20(4,5)6)12-15(3)11-16-8-7-9-17(21)13-16/h7-10,12-13,15H,11H2,1-6H3,(H,22,23)/b18-12+. The summed E-state index contributed by atoms with van der Waals surface area (Å²) < 4.78 is 18.6. The van der Waals surface area contributed by atoms with Gasteiger partial charge in [-0.2, -0.15) is 0 Å². The van der Waals surface area contributed by atoms with Crippen LogP contribution in [0.4, 0.5) is 9.18 Å². The third-order valence-electron chi connectivity index (χ3n) is 3.00. The molecule has 0 bridgehead atoms. The molecule has 4 heteroatoms. The zero-order chi connectivity index (χ0) is 18.3. The van der Waals surface area contributed by atoms with E-state index in [0.717, 1.165) is 11.1 Å². The quantitative estimate of drug-likeness (QED) is 0.735. The molecule has 1 amide bonds. The molecule has 0 aliphatic carbocycles. The number of carbonyl (C=O) groups excluding carboxylic acids is 1. The third kappa shape index (κ3) is 8.51. The normalized spacial score (nSPS) is 13.2. The Morgan fingerprint density at radius 2 is 2.00 bits per heavy atom. The van der Waals surface area contributed by atoms with Crippen LogP contribution in [0, 0.1) is 11.7 Å². The molecule has 3 nitrogen and oxygen atoms in total. The average Bonchev–Trinajstić information content (AvgIpc) is 2.34. The van der Waals surface area contributed by atoms with Crippen molar-refractivity contribution in [3.05, 3.63) is 59.1 Å². The SMILES string of the molecule is CC(C)=C/C(=C\C(C)Cc1cccc(F)c1)NC(=O)OC(C)(C)C. The minimum atomic E-state index is -0.548. The molecule has 0 heterocycles. The summed E-state index contributed by atoms with van der Waals surface area (Å²) in [4.78, 5) is 12.0. The van der Waals surface area contributed by atoms with Gasteiger partial charge in [-0.1, -0.05) is 30.7 Å². The van der Waals surface area contributed by atoms with Gasteiger partial charge in [-0.05, 0) is 70.7 Å². The Hall–Kier alpha value is -2.10. The summed E-state index contributed by atoms with van der Waals surface area (Å²) in [6.45, 7) is 11.4. The molecule has 0 spiro atoms. The molecule has 1 unspecified atom stereocenters. The van der Waals surface area contributed by atoms with Gasteiger partial charge in [-0.3, -0.25) is 5.32 Å². The number of allylic oxidation sites excluding steroid dienone is 3. The first-order valence-corrected chi connectivity index (χ1v) is 8.16. The van der Waals surface area contributed by atoms with Crippen molar-refractivity contribution in [1.29, 1.82) is 0 Å². The summed E-state index contributed by atoms with van der Waals surface area (Å²) >= 11 is 0. The van der Waals surface area contributed by atoms with E-state index in [1.807, 2.05) is 59.8 Å². The van der Waals surface area contributed by atoms with Crippen LogP contribution in [0.25, 0.3) is 0 Å². The minimum Gasteiger partial charge on any atom is -0.444 e. The highest BCUT2D eigenvalue weighted by Gasteiger charge is 2.16. The van der Waals surface area contributed by atoms with Gasteiger partial charge in [0.25, 0.3) is 0 Å². The van der Waals surface area contributed by atoms with Crippen molar-refractivity contribution in [2.45, 2.75) is 53.6 Å². The number of hydrogen-bond acceptors (Lipinski definition) is 2. The van der Waals surface area contributed by atoms with Gasteiger partial charge < -0.3 is 4.74 Å². The first kappa shape index (κ1) is 19.9. The number of nitrogens with one attached hydrogen (secondary N) is 1. The molecule has 0 aliphatic heterocycles. The molecule has 0 saturated carbocycles. The van der Waals surface area contributed by atoms with Crippen molar-refractivity contribution >= 4 is 6.09 Å². The fourth-order valence-corrected chi connectivity index (χ4v) is 2.26. The molecule has 0 aliphatic rings. The molecule has 1 rings (SSSR count). The van der Waals surface area contributed by atoms with E-state index >= 15 is 0 Å². The van der Waals surface area contributed by atoms with Gasteiger partial charge in [-0.25, -0.2) is 9.18 Å². The highest BCUT2D eigenvalue weighted by molar-refractivity contribution is 5.70. The summed E-state index contributed by atoms with van der Waals surface area (Å²) in [5.74, 6) is -0.104. The highest BCUT2D eigenvalue weighted by Crippen LogP contribution is 2.14. The second-order valence-electron chi connectivity index (χ2n) is 7.28. The number of alkyl carbamates (subject to hydrolysis) is 1. The van der Waals surface area contributed by atoms with Crippen molar-refractivity contribution in [2.24, 2.45) is 5.92 Å². The van der Waals surface area contributed by atoms with Crippen LogP contribution in [0.3, 0.4) is 0 Å². The van der Waals surface area contributed by atoms with E-state index < -0.39 is 11.7 Å². The Morgan fingerprint density at radius 3 is 2.54 bits per heavy atom. The number of carbonyl (C=O) groups is 1. The van der Waals surface area contributed by atoms with E-state index in [-0.39, 0.29) is 11.7 Å². The predicted octanol–water partition coefficient (Wildman–Crippen LogP) is 5.38. The number of benzene rings is 1. The zero-order valence-corrected chi connectivity index (χ0v) is 15.4. The topological polar surface area (TPSA) is 38.3 Å². The van der Waals surface area contributed by atoms with Crippen LogP contribution in [-0.2, 0) is 11.2 Å². The Balaban J connectivity index is 2.84. The fourth-order valence-electron chi connectivity index (χ4n) is 2.26. The van der Waals surface area contributed by atoms with E-state index in [4.69, 9.17) is 4.74 Å². The van der Waals surface area contributed by atoms with Crippen molar-refractivity contribution < 1.29 is 13.9 Å². The van der Waals surface area contributed by atoms with Crippen LogP contribution in [0.15, 0.2) is 47.7 Å². The fraction of sp³-hybridized carbons (Fsp3) is 0.450. The lowest BCUT2D eigenvalue weighted by molar-refractivity contribution is 0.0547. The van der Waals surface area contributed by atoms with E-state index in [0.29, 0.717) is 12.1 Å². The first-order valence-electron chi connectivity index (χ1n) is 8.16. The maximum absolute atomic E-state index is 13.3. The molecule has 0 aromatic heterocycles. The van der Waals surface area contributed by atoms with Gasteiger partial charge in [-0.15, -0.1) is 0 Å². The maximum Gasteiger partial charge on any atom is 0.412 e. The second-order valence-corrected chi connectivity index (χ2v) is 7.28. The van der Waals surface area contributed by atoms with E-state index in [1.165, 1.54) is 12.1 Å². The van der Waals surface area contributed by atoms with Crippen molar-refractivity contribution in [2.75, 3.05) is 0 Å². The number of hydrogen-bond donors (Lipinski definition) is 1. The van der Waals surface area contributed by atoms with Crippen LogP contribution in [0.5, 0.6) is 0 Å². The summed E-state index contributed by atoms with van der Waals surface area (Å²) in [5.41, 5.74) is 2.13. The van der Waals surface area contributed by atoms with Crippen molar-refractivity contribution in [1.82, 2.24) is 5.32 Å². The number of ether oxygens (including phenoxy) is 1. The molecule has 1 N–H and O–H groups in total. The van der Waals surface area contributed by atoms with Crippen molar-refractivity contribution in [3.8, 4) is 0 Å². The van der Waals surface area contributed by atoms with Crippen LogP contribution < -0.4 is 5.32 Å². The Bertz CT molecular complexity index is 623. The van der Waals surface area contributed by atoms with Gasteiger partial charge in [0.2, 0.25) is 0 Å². The molecule has 1 aromatic rings. The first-order chi connectivity index (χ1) is 11.0. The van der Waals surface area contributed by atoms with Gasteiger partial charge in [0.1, 0.15) is 11.4 Å². The lowest BCUT2D eigenvalue weighted by Crippen LogP contribution is -2.32. The maximum atomic E-state index is 13.3. The molecular formula is C20H28FNO2. The molecule has 0 saturated heterocycles. The van der Waals surface area contributed by atoms with Gasteiger partial charge in [0, 0.05) is 5.70 Å². The molecule has 132 valence electrons. The smallest absolute Gasteiger partial charge is 0.412 e. The highest BCUT2D eigenvalue weighted by atomic mass is 19.1. The molecule has 24 heavy (non-hydrogen) atoms. The van der Waals surface area contributed by atoms with E-state index in [2.05, 4.69) is 5.32 Å². The van der Waals surface area contributed by atoms with Crippen LogP contribution >= 0.6 is 0 Å². The Labute approximate surface area is 144 Å². The van der Waals surface area contributed by atoms with Crippen molar-refractivity contribution in [3.63, 3.8) is 0 Å². The summed E-state index contributed by atoms with van der Waals surface area (Å²) in [6.07, 6.45) is 4.06. The number of amides is 1. The summed E-state index contributed by atoms with van der Waals surface area (Å²) in [5, 5.41) is 2.78. The van der Waals surface area contributed by atoms with Gasteiger partial charge in [0.15, 0.2) is 0 Å². The largest absolute Gasteiger partial charge is 0.444 e. The predicted molar refractivity (Wildman–Crippen MR) is 96.2 cm³/mol. The molecule has 0 fully saturated rings. The Morgan fingerprint density at radius 1 is 1.33 bits per heavy atom. The molecule has 1 aromatic carbocycles. The van der Waals surface area contributed by atoms with Gasteiger partial charge in [0.05, 0.1) is 0 Å². The average molecular weight is 333 g/mol. The third-order valence-corrected chi connectivity index (χ3v) is 3.00. The molecular weight excluding hydrogens is 305 g/mol. The van der Waals surface area contributed by atoms with Crippen LogP contribution in [0.2, 0.25) is 0 Å². The summed E-state index contributed by atoms with van der Waals surface area (Å²) in [6, 6.07) is 6.57. The number of halogens is 1. The van der Waals surface area contributed by atoms with Crippen LogP contribution in [-0.4, -0.2) is 11.7 Å². The summed E-state index contributed by atoms with van der Waals surface area (Å²) in [7, 11) is 0. The molecule has 1 atom stereocenters. The monoisotopic (exact) mass is 333 g/mol. The van der Waals surface area contributed by atoms with Gasteiger partial charge >= 0.3 is 6.09 Å². The lowest BCUT2D eigenvalue weighted by atomic mass is 9.99. The Kier molecular flexibility index (Phi) is 7.20. The molecule has 0 radical (unpaired) electrons. The lowest BCUT2D eigenvalue weighted by Gasteiger charge is -2.20. The van der Waals surface area contributed by atoms with E-state index in [1.54, 1.807) is 6.07 Å². The van der Waals surface area contributed by atoms with Crippen LogP contribution in [0.1, 0.15) is 47.1 Å². The second kappa shape index (κ2) is 8.67. The minimum absolute atomic E-state index is 0.132. The zero-order valence-electron chi connectivity index (χ0n) is 15.4.